The molecule has 4 amide bonds. The summed E-state index contributed by atoms with van der Waals surface area (Å²) < 4.78 is 12.0. The maximum atomic E-state index is 14.7. The van der Waals surface area contributed by atoms with E-state index in [1.54, 1.807) is 18.0 Å². The van der Waals surface area contributed by atoms with Gasteiger partial charge in [-0.1, -0.05) is 82.1 Å². The zero-order chi connectivity index (χ0) is 36.5. The number of hydrogen-bond acceptors (Lipinski definition) is 7. The summed E-state index contributed by atoms with van der Waals surface area (Å²) in [6, 6.07) is 20.6. The largest absolute Gasteiger partial charge is 0.457 e. The predicted octanol–water partition coefficient (Wildman–Crippen LogP) is 6.11. The van der Waals surface area contributed by atoms with E-state index in [1.165, 1.54) is 4.90 Å². The van der Waals surface area contributed by atoms with E-state index in [-0.39, 0.29) is 30.7 Å². The molecule has 2 heterocycles. The van der Waals surface area contributed by atoms with Gasteiger partial charge in [-0.15, -0.1) is 0 Å². The first-order chi connectivity index (χ1) is 24.3. The maximum absolute atomic E-state index is 14.7. The average Bonchev–Trinajstić information content (AvgIpc) is 3.40. The SMILES string of the molecule is CCC1C[C@]1(NC(=O)[C@@H]1C[C@@H](OC(=O)N2Cc3cccc(Cl)c3C2)CN1C(=O)[C@@H](Nc1cccc(Oc2ccccc2)c1)C(C)(C)C)C(=O)NC. The van der Waals surface area contributed by atoms with Crippen LogP contribution in [0.2, 0.25) is 5.02 Å². The van der Waals surface area contributed by atoms with Crippen molar-refractivity contribution in [1.29, 1.82) is 0 Å². The molecule has 51 heavy (non-hydrogen) atoms. The average molecular weight is 716 g/mol. The standard InChI is InChI=1S/C39H46ClN5O6/c1-6-25-20-39(25,36(48)41-5)43-34(46)32-19-29(51-37(49)44-21-24-12-10-17-31(40)30(24)23-44)22-45(32)35(47)33(38(2,3)4)42-26-13-11-16-28(18-26)50-27-14-8-7-9-15-27/h7-18,25,29,32-33,42H,6,19-23H2,1-5H3,(H,41,48)(H,43,46)/t25?,29-,32+,33-,39-/m1/s1. The van der Waals surface area contributed by atoms with Crippen molar-refractivity contribution in [3.8, 4) is 11.5 Å². The lowest BCUT2D eigenvalue weighted by atomic mass is 9.85. The highest BCUT2D eigenvalue weighted by molar-refractivity contribution is 6.31. The Kier molecular flexibility index (Phi) is 10.2. The number of nitrogens with one attached hydrogen (secondary N) is 3. The number of likely N-dealkylation sites (N-methyl/N-ethyl adjacent to an activating group) is 1. The Morgan fingerprint density at radius 2 is 1.71 bits per heavy atom. The Bertz CT molecular complexity index is 1800. The van der Waals surface area contributed by atoms with E-state index in [4.69, 9.17) is 21.1 Å². The third-order valence-electron chi connectivity index (χ3n) is 10.1. The number of benzene rings is 3. The molecule has 3 aliphatic rings. The Morgan fingerprint density at radius 1 is 0.980 bits per heavy atom. The number of fused-ring (bicyclic) bond motifs is 1. The fourth-order valence-electron chi connectivity index (χ4n) is 7.19. The van der Waals surface area contributed by atoms with E-state index in [9.17, 15) is 19.2 Å². The molecule has 12 heteroatoms. The Labute approximate surface area is 304 Å². The van der Waals surface area contributed by atoms with E-state index < -0.39 is 41.1 Å². The molecule has 3 aromatic carbocycles. The fourth-order valence-corrected chi connectivity index (χ4v) is 7.45. The molecule has 6 rings (SSSR count). The molecule has 1 saturated heterocycles. The quantitative estimate of drug-likeness (QED) is 0.231. The third kappa shape index (κ3) is 7.63. The number of anilines is 1. The van der Waals surface area contributed by atoms with Gasteiger partial charge in [-0.2, -0.15) is 0 Å². The number of amides is 4. The first-order valence-corrected chi connectivity index (χ1v) is 17.9. The third-order valence-corrected chi connectivity index (χ3v) is 10.5. The van der Waals surface area contributed by atoms with Crippen LogP contribution in [0.25, 0.3) is 0 Å². The van der Waals surface area contributed by atoms with Crippen molar-refractivity contribution in [2.75, 3.05) is 18.9 Å². The molecule has 1 unspecified atom stereocenters. The van der Waals surface area contributed by atoms with E-state index in [0.29, 0.717) is 48.1 Å². The number of carbonyl (C=O) groups excluding carboxylic acids is 4. The van der Waals surface area contributed by atoms with E-state index in [2.05, 4.69) is 16.0 Å². The highest BCUT2D eigenvalue weighted by Crippen LogP contribution is 2.46. The molecule has 0 radical (unpaired) electrons. The molecular formula is C39H46ClN5O6. The number of para-hydroxylation sites is 1. The summed E-state index contributed by atoms with van der Waals surface area (Å²) in [6.45, 7) is 8.49. The van der Waals surface area contributed by atoms with E-state index in [0.717, 1.165) is 11.1 Å². The molecule has 0 spiro atoms. The normalized spacial score (nSPS) is 22.8. The van der Waals surface area contributed by atoms with Crippen molar-refractivity contribution in [3.63, 3.8) is 0 Å². The molecule has 11 nitrogen and oxygen atoms in total. The summed E-state index contributed by atoms with van der Waals surface area (Å²) in [5.41, 5.74) is 0.854. The van der Waals surface area contributed by atoms with E-state index in [1.807, 2.05) is 94.4 Å². The summed E-state index contributed by atoms with van der Waals surface area (Å²) in [6.07, 6.45) is 0.0165. The van der Waals surface area contributed by atoms with Gasteiger partial charge in [0.1, 0.15) is 35.2 Å². The summed E-state index contributed by atoms with van der Waals surface area (Å²) in [7, 11) is 1.55. The molecular weight excluding hydrogens is 670 g/mol. The minimum atomic E-state index is -1.04. The fraction of sp³-hybridized carbons (Fsp3) is 0.436. The van der Waals surface area contributed by atoms with Gasteiger partial charge in [-0.05, 0) is 59.2 Å². The molecule has 2 fully saturated rings. The van der Waals surface area contributed by atoms with Gasteiger partial charge in [0.15, 0.2) is 0 Å². The van der Waals surface area contributed by atoms with Crippen LogP contribution >= 0.6 is 11.6 Å². The summed E-state index contributed by atoms with van der Waals surface area (Å²) >= 11 is 6.39. The second-order valence-corrected chi connectivity index (χ2v) is 15.1. The Balaban J connectivity index is 1.23. The van der Waals surface area contributed by atoms with Crippen LogP contribution in [0.4, 0.5) is 10.5 Å². The van der Waals surface area contributed by atoms with Crippen LogP contribution in [-0.2, 0) is 32.2 Å². The number of hydrogen-bond donors (Lipinski definition) is 3. The second kappa shape index (κ2) is 14.5. The molecule has 3 N–H and O–H groups in total. The van der Waals surface area contributed by atoms with Crippen LogP contribution in [-0.4, -0.2) is 70.9 Å². The molecule has 1 saturated carbocycles. The van der Waals surface area contributed by atoms with Crippen LogP contribution in [0.15, 0.2) is 72.8 Å². The van der Waals surface area contributed by atoms with Gasteiger partial charge in [-0.25, -0.2) is 4.79 Å². The lowest BCUT2D eigenvalue weighted by Gasteiger charge is -2.36. The lowest BCUT2D eigenvalue weighted by Crippen LogP contribution is -2.58. The monoisotopic (exact) mass is 715 g/mol. The molecule has 0 bridgehead atoms. The number of nitrogens with zero attached hydrogens (tertiary/aromatic N) is 2. The molecule has 2 aliphatic heterocycles. The van der Waals surface area contributed by atoms with Crippen LogP contribution < -0.4 is 20.7 Å². The molecule has 1 aliphatic carbocycles. The number of likely N-dealkylation sites (tertiary alicyclic amines) is 1. The van der Waals surface area contributed by atoms with Gasteiger partial charge in [-0.3, -0.25) is 19.3 Å². The minimum absolute atomic E-state index is 0.0137. The zero-order valence-electron chi connectivity index (χ0n) is 29.7. The number of carbonyl (C=O) groups is 4. The topological polar surface area (TPSA) is 129 Å². The molecule has 0 aromatic heterocycles. The maximum Gasteiger partial charge on any atom is 0.410 e. The smallest absolute Gasteiger partial charge is 0.410 e. The lowest BCUT2D eigenvalue weighted by molar-refractivity contribution is -0.141. The van der Waals surface area contributed by atoms with Crippen LogP contribution in [0.5, 0.6) is 11.5 Å². The van der Waals surface area contributed by atoms with Gasteiger partial charge < -0.3 is 30.3 Å². The number of halogens is 1. The van der Waals surface area contributed by atoms with Crippen molar-refractivity contribution in [1.82, 2.24) is 20.4 Å². The summed E-state index contributed by atoms with van der Waals surface area (Å²) in [5.74, 6) is 0.220. The predicted molar refractivity (Wildman–Crippen MR) is 194 cm³/mol. The summed E-state index contributed by atoms with van der Waals surface area (Å²) in [4.78, 5) is 58.3. The zero-order valence-corrected chi connectivity index (χ0v) is 30.5. The molecule has 5 atom stereocenters. The van der Waals surface area contributed by atoms with Crippen LogP contribution in [0.1, 0.15) is 58.1 Å². The first-order valence-electron chi connectivity index (χ1n) is 17.5. The Hall–Kier alpha value is -4.77. The Morgan fingerprint density at radius 3 is 2.37 bits per heavy atom. The van der Waals surface area contributed by atoms with Crippen molar-refractivity contribution in [2.24, 2.45) is 11.3 Å². The highest BCUT2D eigenvalue weighted by Gasteiger charge is 2.61. The van der Waals surface area contributed by atoms with Crippen molar-refractivity contribution >= 4 is 41.1 Å². The van der Waals surface area contributed by atoms with Crippen molar-refractivity contribution in [2.45, 2.75) is 83.8 Å². The van der Waals surface area contributed by atoms with Gasteiger partial charge in [0.25, 0.3) is 0 Å². The summed E-state index contributed by atoms with van der Waals surface area (Å²) in [5, 5.41) is 9.68. The van der Waals surface area contributed by atoms with Gasteiger partial charge in [0, 0.05) is 36.8 Å². The number of rotatable bonds is 10. The van der Waals surface area contributed by atoms with E-state index >= 15 is 0 Å². The van der Waals surface area contributed by atoms with Crippen molar-refractivity contribution < 1.29 is 28.7 Å². The highest BCUT2D eigenvalue weighted by atomic mass is 35.5. The first kappa shape index (κ1) is 36.0. The molecule has 3 aromatic rings. The molecule has 270 valence electrons. The minimum Gasteiger partial charge on any atom is -0.457 e. The van der Waals surface area contributed by atoms with Crippen LogP contribution in [0.3, 0.4) is 0 Å². The van der Waals surface area contributed by atoms with Crippen molar-refractivity contribution in [3.05, 3.63) is 88.9 Å². The van der Waals surface area contributed by atoms with Gasteiger partial charge >= 0.3 is 6.09 Å². The van der Waals surface area contributed by atoms with Gasteiger partial charge in [0.2, 0.25) is 17.7 Å². The van der Waals surface area contributed by atoms with Crippen LogP contribution in [0, 0.1) is 11.3 Å². The number of ether oxygens (including phenoxy) is 2. The second-order valence-electron chi connectivity index (χ2n) is 14.7. The van der Waals surface area contributed by atoms with Gasteiger partial charge in [0.05, 0.1) is 13.1 Å².